The number of benzene rings is 3. The van der Waals surface area contributed by atoms with Gasteiger partial charge in [0.1, 0.15) is 11.5 Å². The molecule has 29 heavy (non-hydrogen) atoms. The molecule has 1 N–H and O–H groups in total. The van der Waals surface area contributed by atoms with Gasteiger partial charge in [-0.3, -0.25) is 4.79 Å². The Labute approximate surface area is 176 Å². The lowest BCUT2D eigenvalue weighted by Crippen LogP contribution is -2.01. The standard InChI is InChI=1S/C22H17N3O2S2/c26-20(16-7-3-1-4-8-16)15-28-22-25-24-21(29-22)23-17-11-13-19(14-12-17)27-18-9-5-2-6-10-18/h1-14H,15H2,(H,23,24). The molecule has 4 rings (SSSR count). The van der Waals surface area contributed by atoms with Crippen molar-refractivity contribution in [2.24, 2.45) is 0 Å². The Balaban J connectivity index is 1.31. The van der Waals surface area contributed by atoms with Crippen LogP contribution in [0.3, 0.4) is 0 Å². The minimum Gasteiger partial charge on any atom is -0.457 e. The highest BCUT2D eigenvalue weighted by atomic mass is 32.2. The van der Waals surface area contributed by atoms with Gasteiger partial charge in [-0.05, 0) is 36.4 Å². The Bertz CT molecular complexity index is 1070. The van der Waals surface area contributed by atoms with Crippen LogP contribution in [0.25, 0.3) is 0 Å². The number of aromatic nitrogens is 2. The molecule has 0 atom stereocenters. The quantitative estimate of drug-likeness (QED) is 0.277. The maximum absolute atomic E-state index is 12.2. The number of hydrogen-bond acceptors (Lipinski definition) is 7. The van der Waals surface area contributed by atoms with Gasteiger partial charge >= 0.3 is 0 Å². The first kappa shape index (κ1) is 19.2. The van der Waals surface area contributed by atoms with E-state index in [1.54, 1.807) is 0 Å². The zero-order valence-electron chi connectivity index (χ0n) is 15.3. The van der Waals surface area contributed by atoms with Gasteiger partial charge in [-0.25, -0.2) is 0 Å². The topological polar surface area (TPSA) is 64.1 Å². The summed E-state index contributed by atoms with van der Waals surface area (Å²) in [6.45, 7) is 0. The second-order valence-electron chi connectivity index (χ2n) is 6.02. The molecular weight excluding hydrogens is 402 g/mol. The Kier molecular flexibility index (Phi) is 6.19. The van der Waals surface area contributed by atoms with E-state index in [1.165, 1.54) is 23.1 Å². The van der Waals surface area contributed by atoms with E-state index < -0.39 is 0 Å². The Hall–Kier alpha value is -3.16. The van der Waals surface area contributed by atoms with Crippen LogP contribution in [0.5, 0.6) is 11.5 Å². The summed E-state index contributed by atoms with van der Waals surface area (Å²) in [5, 5.41) is 12.2. The number of anilines is 2. The van der Waals surface area contributed by atoms with Crippen LogP contribution in [0.1, 0.15) is 10.4 Å². The first-order valence-corrected chi connectivity index (χ1v) is 10.7. The molecule has 0 aliphatic carbocycles. The van der Waals surface area contributed by atoms with Gasteiger partial charge in [-0.1, -0.05) is 71.6 Å². The summed E-state index contributed by atoms with van der Waals surface area (Å²) < 4.78 is 6.54. The summed E-state index contributed by atoms with van der Waals surface area (Å²) in [6, 6.07) is 26.5. The van der Waals surface area contributed by atoms with Crippen molar-refractivity contribution >= 4 is 39.7 Å². The Morgan fingerprint density at radius 2 is 1.52 bits per heavy atom. The van der Waals surface area contributed by atoms with E-state index in [1.807, 2.05) is 84.9 Å². The molecule has 5 nitrogen and oxygen atoms in total. The third-order valence-corrected chi connectivity index (χ3v) is 5.89. The SMILES string of the molecule is O=C(CSc1nnc(Nc2ccc(Oc3ccccc3)cc2)s1)c1ccccc1. The van der Waals surface area contributed by atoms with Crippen LogP contribution in [0.4, 0.5) is 10.8 Å². The van der Waals surface area contributed by atoms with Crippen molar-refractivity contribution in [3.05, 3.63) is 90.5 Å². The van der Waals surface area contributed by atoms with Crippen LogP contribution >= 0.6 is 23.1 Å². The number of ketones is 1. The number of Topliss-reactive ketones (excluding diaryl/α,β-unsaturated/α-hetero) is 1. The van der Waals surface area contributed by atoms with E-state index in [9.17, 15) is 4.79 Å². The third-order valence-electron chi connectivity index (χ3n) is 3.91. The van der Waals surface area contributed by atoms with Crippen LogP contribution in [0.15, 0.2) is 89.3 Å². The summed E-state index contributed by atoms with van der Waals surface area (Å²) in [6.07, 6.45) is 0. The zero-order valence-corrected chi connectivity index (χ0v) is 17.0. The van der Waals surface area contributed by atoms with E-state index in [4.69, 9.17) is 4.74 Å². The lowest BCUT2D eigenvalue weighted by molar-refractivity contribution is 0.102. The van der Waals surface area contributed by atoms with E-state index in [0.29, 0.717) is 16.4 Å². The van der Waals surface area contributed by atoms with Crippen LogP contribution in [-0.4, -0.2) is 21.7 Å². The number of nitrogens with one attached hydrogen (secondary N) is 1. The normalized spacial score (nSPS) is 10.5. The van der Waals surface area contributed by atoms with Crippen LogP contribution in [0.2, 0.25) is 0 Å². The minimum absolute atomic E-state index is 0.0781. The summed E-state index contributed by atoms with van der Waals surface area (Å²) in [7, 11) is 0. The third kappa shape index (κ3) is 5.43. The van der Waals surface area contributed by atoms with Gasteiger partial charge in [-0.2, -0.15) is 0 Å². The maximum Gasteiger partial charge on any atom is 0.210 e. The second-order valence-corrected chi connectivity index (χ2v) is 8.22. The molecule has 3 aromatic carbocycles. The molecule has 0 fully saturated rings. The minimum atomic E-state index is 0.0781. The summed E-state index contributed by atoms with van der Waals surface area (Å²) >= 11 is 2.81. The molecule has 1 aromatic heterocycles. The fourth-order valence-electron chi connectivity index (χ4n) is 2.51. The molecule has 0 unspecified atom stereocenters. The monoisotopic (exact) mass is 419 g/mol. The fraction of sp³-hybridized carbons (Fsp3) is 0.0455. The molecule has 0 aliphatic heterocycles. The van der Waals surface area contributed by atoms with Crippen molar-refractivity contribution in [2.75, 3.05) is 11.1 Å². The number of thioether (sulfide) groups is 1. The van der Waals surface area contributed by atoms with Gasteiger partial charge in [-0.15, -0.1) is 10.2 Å². The fourth-order valence-corrected chi connectivity index (χ4v) is 4.17. The summed E-state index contributed by atoms with van der Waals surface area (Å²) in [4.78, 5) is 12.2. The van der Waals surface area contributed by atoms with Gasteiger partial charge in [0.05, 0.1) is 5.75 Å². The molecule has 0 spiro atoms. The highest BCUT2D eigenvalue weighted by Gasteiger charge is 2.10. The molecule has 0 saturated carbocycles. The van der Waals surface area contributed by atoms with E-state index in [2.05, 4.69) is 15.5 Å². The molecular formula is C22H17N3O2S2. The number of para-hydroxylation sites is 1. The Morgan fingerprint density at radius 3 is 2.24 bits per heavy atom. The molecule has 0 aliphatic rings. The molecule has 0 amide bonds. The predicted molar refractivity (Wildman–Crippen MR) is 118 cm³/mol. The Morgan fingerprint density at radius 1 is 0.862 bits per heavy atom. The van der Waals surface area contributed by atoms with Gasteiger partial charge < -0.3 is 10.1 Å². The van der Waals surface area contributed by atoms with Crippen LogP contribution in [-0.2, 0) is 0 Å². The van der Waals surface area contributed by atoms with E-state index in [0.717, 1.165) is 21.5 Å². The number of rotatable bonds is 8. The maximum atomic E-state index is 12.2. The summed E-state index contributed by atoms with van der Waals surface area (Å²) in [5.74, 6) is 1.97. The number of ether oxygens (including phenoxy) is 1. The van der Waals surface area contributed by atoms with Crippen molar-refractivity contribution in [2.45, 2.75) is 4.34 Å². The average molecular weight is 420 g/mol. The number of carbonyl (C=O) groups is 1. The van der Waals surface area contributed by atoms with Crippen molar-refractivity contribution in [1.29, 1.82) is 0 Å². The molecule has 144 valence electrons. The van der Waals surface area contributed by atoms with Crippen molar-refractivity contribution in [3.8, 4) is 11.5 Å². The smallest absolute Gasteiger partial charge is 0.210 e. The van der Waals surface area contributed by atoms with Crippen molar-refractivity contribution < 1.29 is 9.53 Å². The first-order chi connectivity index (χ1) is 14.3. The van der Waals surface area contributed by atoms with E-state index >= 15 is 0 Å². The van der Waals surface area contributed by atoms with Gasteiger partial charge in [0.25, 0.3) is 0 Å². The molecule has 0 saturated heterocycles. The predicted octanol–water partition coefficient (Wildman–Crippen LogP) is 6.05. The van der Waals surface area contributed by atoms with Crippen LogP contribution in [0, 0.1) is 0 Å². The van der Waals surface area contributed by atoms with E-state index in [-0.39, 0.29) is 5.78 Å². The first-order valence-electron chi connectivity index (χ1n) is 8.91. The highest BCUT2D eigenvalue weighted by Crippen LogP contribution is 2.29. The number of hydrogen-bond donors (Lipinski definition) is 1. The lowest BCUT2D eigenvalue weighted by atomic mass is 10.2. The highest BCUT2D eigenvalue weighted by molar-refractivity contribution is 8.01. The molecule has 7 heteroatoms. The zero-order chi connectivity index (χ0) is 19.9. The summed E-state index contributed by atoms with van der Waals surface area (Å²) in [5.41, 5.74) is 1.60. The van der Waals surface area contributed by atoms with Gasteiger partial charge in [0, 0.05) is 11.3 Å². The second kappa shape index (κ2) is 9.36. The average Bonchev–Trinajstić information content (AvgIpc) is 3.22. The van der Waals surface area contributed by atoms with Crippen molar-refractivity contribution in [1.82, 2.24) is 10.2 Å². The van der Waals surface area contributed by atoms with Crippen molar-refractivity contribution in [3.63, 3.8) is 0 Å². The largest absolute Gasteiger partial charge is 0.457 e. The molecule has 4 aromatic rings. The van der Waals surface area contributed by atoms with Gasteiger partial charge in [0.15, 0.2) is 10.1 Å². The lowest BCUT2D eigenvalue weighted by Gasteiger charge is -2.06. The molecule has 1 heterocycles. The van der Waals surface area contributed by atoms with Crippen LogP contribution < -0.4 is 10.1 Å². The number of nitrogens with zero attached hydrogens (tertiary/aromatic N) is 2. The van der Waals surface area contributed by atoms with Gasteiger partial charge in [0.2, 0.25) is 5.13 Å². The number of carbonyl (C=O) groups excluding carboxylic acids is 1. The molecule has 0 radical (unpaired) electrons. The molecule has 0 bridgehead atoms.